The Morgan fingerprint density at radius 1 is 0.697 bits per heavy atom. The number of phenolic OH excluding ortho intramolecular Hbond substituents is 1. The normalized spacial score (nSPS) is 12.6. The van der Waals surface area contributed by atoms with Crippen molar-refractivity contribution in [3.05, 3.63) is 99.6 Å². The van der Waals surface area contributed by atoms with Gasteiger partial charge in [0, 0.05) is 11.0 Å². The fourth-order valence-corrected chi connectivity index (χ4v) is 5.42. The molecule has 4 rings (SSSR count). The number of phenols is 1. The van der Waals surface area contributed by atoms with Crippen molar-refractivity contribution in [3.63, 3.8) is 0 Å². The van der Waals surface area contributed by atoms with Gasteiger partial charge in [0.15, 0.2) is 0 Å². The first-order chi connectivity index (χ1) is 13.8. The van der Waals surface area contributed by atoms with E-state index in [1.807, 2.05) is 12.1 Å². The van der Waals surface area contributed by atoms with Crippen LogP contribution in [-0.2, 0) is 27.1 Å². The number of hydrogen-bond donors (Lipinski definition) is 1. The minimum atomic E-state index is 0. The Morgan fingerprint density at radius 2 is 1.27 bits per heavy atom. The molecule has 1 aliphatic rings. The molecule has 0 bridgehead atoms. The van der Waals surface area contributed by atoms with Gasteiger partial charge < -0.3 is 27.4 Å². The van der Waals surface area contributed by atoms with Crippen molar-refractivity contribution in [1.82, 2.24) is 0 Å². The van der Waals surface area contributed by atoms with Gasteiger partial charge in [0.2, 0.25) is 0 Å². The van der Waals surface area contributed by atoms with Crippen LogP contribution in [0, 0.1) is 41.0 Å². The van der Waals surface area contributed by atoms with E-state index in [9.17, 15) is 5.11 Å². The standard InChI is InChI=1S/C28H32O.3CH3.Ti/c1-18(2)16-28(17-19(3)4)25-9-7-6-8-22(25)23-12-11-21(15-26(23)28)24-14-20(5)10-13-27(24)29;;;;/h6-15,18-19,29H,16-17H2,1-5H3;3*1H3;/q;3*-1;+3. The minimum absolute atomic E-state index is 0. The van der Waals surface area contributed by atoms with E-state index in [-0.39, 0.29) is 49.4 Å². The zero-order valence-corrected chi connectivity index (χ0v) is 23.4. The summed E-state index contributed by atoms with van der Waals surface area (Å²) in [5.41, 5.74) is 8.87. The Hall–Kier alpha value is -1.83. The molecule has 1 nitrogen and oxygen atoms in total. The molecule has 2 heteroatoms. The van der Waals surface area contributed by atoms with Gasteiger partial charge in [-0.15, -0.1) is 0 Å². The van der Waals surface area contributed by atoms with Crippen molar-refractivity contribution in [2.24, 2.45) is 11.8 Å². The molecule has 0 aromatic heterocycles. The molecular formula is C31H41OTi. The monoisotopic (exact) mass is 477 g/mol. The van der Waals surface area contributed by atoms with E-state index in [1.54, 1.807) is 0 Å². The zero-order chi connectivity index (χ0) is 20.8. The molecule has 3 aromatic rings. The molecule has 1 N–H and O–H groups in total. The molecule has 0 saturated heterocycles. The van der Waals surface area contributed by atoms with Gasteiger partial charge in [-0.2, -0.15) is 0 Å². The summed E-state index contributed by atoms with van der Waals surface area (Å²) < 4.78 is 0. The number of benzene rings is 3. The quantitative estimate of drug-likeness (QED) is 0.287. The fourth-order valence-electron chi connectivity index (χ4n) is 5.42. The molecule has 0 saturated carbocycles. The Balaban J connectivity index is 0.00000256. The van der Waals surface area contributed by atoms with Crippen LogP contribution in [0.2, 0.25) is 0 Å². The summed E-state index contributed by atoms with van der Waals surface area (Å²) in [6, 6.07) is 21.6. The first kappa shape index (κ1) is 31.2. The number of fused-ring (bicyclic) bond motifs is 3. The molecule has 0 amide bonds. The van der Waals surface area contributed by atoms with Gasteiger partial charge in [-0.3, -0.25) is 0 Å². The second-order valence-electron chi connectivity index (χ2n) is 9.60. The van der Waals surface area contributed by atoms with Crippen molar-refractivity contribution in [3.8, 4) is 28.0 Å². The van der Waals surface area contributed by atoms with E-state index >= 15 is 0 Å². The third-order valence-corrected chi connectivity index (χ3v) is 6.24. The molecule has 0 unspecified atom stereocenters. The molecule has 0 heterocycles. The van der Waals surface area contributed by atoms with Crippen LogP contribution >= 0.6 is 0 Å². The summed E-state index contributed by atoms with van der Waals surface area (Å²) in [6.07, 6.45) is 2.27. The van der Waals surface area contributed by atoms with Crippen LogP contribution in [0.3, 0.4) is 0 Å². The van der Waals surface area contributed by atoms with Crippen molar-refractivity contribution in [2.45, 2.75) is 52.9 Å². The van der Waals surface area contributed by atoms with Gasteiger partial charge in [0.25, 0.3) is 0 Å². The van der Waals surface area contributed by atoms with E-state index < -0.39 is 0 Å². The Bertz CT molecular complexity index is 1040. The molecule has 1 radical (unpaired) electrons. The molecule has 0 atom stereocenters. The summed E-state index contributed by atoms with van der Waals surface area (Å²) in [5, 5.41) is 10.5. The summed E-state index contributed by atoms with van der Waals surface area (Å²) in [5.74, 6) is 1.55. The van der Waals surface area contributed by atoms with Crippen LogP contribution in [-0.4, -0.2) is 5.11 Å². The first-order valence-electron chi connectivity index (χ1n) is 10.9. The third-order valence-electron chi connectivity index (χ3n) is 6.24. The second kappa shape index (κ2) is 12.0. The fraction of sp³-hybridized carbons (Fsp3) is 0.323. The molecule has 0 fully saturated rings. The van der Waals surface area contributed by atoms with Gasteiger partial charge in [-0.25, -0.2) is 0 Å². The predicted octanol–water partition coefficient (Wildman–Crippen LogP) is 9.07. The number of hydrogen-bond acceptors (Lipinski definition) is 1. The molecule has 0 aliphatic heterocycles. The predicted molar refractivity (Wildman–Crippen MR) is 143 cm³/mol. The average molecular weight is 478 g/mol. The van der Waals surface area contributed by atoms with Crippen molar-refractivity contribution in [2.75, 3.05) is 0 Å². The van der Waals surface area contributed by atoms with Crippen LogP contribution in [0.15, 0.2) is 60.7 Å². The molecule has 1 aliphatic carbocycles. The molecule has 33 heavy (non-hydrogen) atoms. The summed E-state index contributed by atoms with van der Waals surface area (Å²) in [4.78, 5) is 0. The maximum atomic E-state index is 10.5. The largest absolute Gasteiger partial charge is 3.00 e. The topological polar surface area (TPSA) is 20.2 Å². The Labute approximate surface area is 218 Å². The maximum Gasteiger partial charge on any atom is 3.00 e. The average Bonchev–Trinajstić information content (AvgIpc) is 2.92. The van der Waals surface area contributed by atoms with E-state index in [0.29, 0.717) is 17.6 Å². The molecule has 175 valence electrons. The summed E-state index contributed by atoms with van der Waals surface area (Å²) in [7, 11) is 0. The summed E-state index contributed by atoms with van der Waals surface area (Å²) >= 11 is 0. The van der Waals surface area contributed by atoms with Gasteiger partial charge in [0.1, 0.15) is 5.75 Å². The van der Waals surface area contributed by atoms with E-state index in [2.05, 4.69) is 83.1 Å². The summed E-state index contributed by atoms with van der Waals surface area (Å²) in [6.45, 7) is 11.4. The SMILES string of the molecule is Cc1ccc(O)c(-c2ccc3c(c2)C(CC(C)C)(CC(C)C)c2ccccc2-3)c1.[CH3-].[CH3-].[CH3-].[Ti+3]. The van der Waals surface area contributed by atoms with Gasteiger partial charge >= 0.3 is 21.7 Å². The van der Waals surface area contributed by atoms with Gasteiger partial charge in [-0.05, 0) is 77.6 Å². The number of aryl methyl sites for hydroxylation is 1. The van der Waals surface area contributed by atoms with Crippen LogP contribution < -0.4 is 0 Å². The number of aromatic hydroxyl groups is 1. The van der Waals surface area contributed by atoms with Gasteiger partial charge in [-0.1, -0.05) is 75.7 Å². The van der Waals surface area contributed by atoms with Crippen LogP contribution in [0.4, 0.5) is 0 Å². The second-order valence-corrected chi connectivity index (χ2v) is 9.60. The number of rotatable bonds is 5. The van der Waals surface area contributed by atoms with E-state index in [1.165, 1.54) is 22.3 Å². The van der Waals surface area contributed by atoms with Gasteiger partial charge in [0.05, 0.1) is 0 Å². The molecule has 3 aromatic carbocycles. The minimum Gasteiger partial charge on any atom is -0.507 e. The molecule has 0 spiro atoms. The van der Waals surface area contributed by atoms with Crippen molar-refractivity contribution >= 4 is 0 Å². The zero-order valence-electron chi connectivity index (χ0n) is 21.8. The van der Waals surface area contributed by atoms with Crippen LogP contribution in [0.25, 0.3) is 22.3 Å². The third kappa shape index (κ3) is 5.64. The van der Waals surface area contributed by atoms with Crippen molar-refractivity contribution in [1.29, 1.82) is 0 Å². The molecular weight excluding hydrogens is 436 g/mol. The first-order valence-corrected chi connectivity index (χ1v) is 10.9. The smallest absolute Gasteiger partial charge is 0.507 e. The van der Waals surface area contributed by atoms with E-state index in [4.69, 9.17) is 0 Å². The Morgan fingerprint density at radius 3 is 1.88 bits per heavy atom. The maximum absolute atomic E-state index is 10.5. The van der Waals surface area contributed by atoms with Crippen LogP contribution in [0.1, 0.15) is 57.2 Å². The van der Waals surface area contributed by atoms with Crippen LogP contribution in [0.5, 0.6) is 5.75 Å². The Kier molecular flexibility index (Phi) is 11.4. The van der Waals surface area contributed by atoms with Crippen molar-refractivity contribution < 1.29 is 26.8 Å². The van der Waals surface area contributed by atoms with E-state index in [0.717, 1.165) is 29.5 Å².